The number of nitrogens with one attached hydrogen (secondary N) is 1. The number of likely N-dealkylation sites (tertiary alicyclic amines) is 1. The predicted molar refractivity (Wildman–Crippen MR) is 145 cm³/mol. The molecule has 1 aliphatic heterocycles. The van der Waals surface area contributed by atoms with Crippen LogP contribution in [0.1, 0.15) is 44.7 Å². The van der Waals surface area contributed by atoms with Gasteiger partial charge in [-0.05, 0) is 55.3 Å². The van der Waals surface area contributed by atoms with Crippen molar-refractivity contribution in [2.24, 2.45) is 11.8 Å². The van der Waals surface area contributed by atoms with Gasteiger partial charge in [0.2, 0.25) is 0 Å². The van der Waals surface area contributed by atoms with Crippen molar-refractivity contribution in [1.29, 1.82) is 0 Å². The molecule has 1 atom stereocenters. The number of carbonyl (C=O) groups excluding carboxylic acids is 2. The van der Waals surface area contributed by atoms with E-state index in [0.29, 0.717) is 47.1 Å². The molecule has 4 aromatic rings. The van der Waals surface area contributed by atoms with Gasteiger partial charge in [0, 0.05) is 47.6 Å². The fourth-order valence-corrected chi connectivity index (χ4v) is 4.64. The summed E-state index contributed by atoms with van der Waals surface area (Å²) >= 11 is 0. The van der Waals surface area contributed by atoms with Gasteiger partial charge in [0.05, 0.1) is 28.3 Å². The van der Waals surface area contributed by atoms with E-state index in [1.165, 1.54) is 17.0 Å². The van der Waals surface area contributed by atoms with Gasteiger partial charge in [-0.25, -0.2) is 15.2 Å². The summed E-state index contributed by atoms with van der Waals surface area (Å²) in [5.74, 6) is 8.02. The fourth-order valence-electron chi connectivity index (χ4n) is 4.64. The maximum atomic E-state index is 14.8. The summed E-state index contributed by atoms with van der Waals surface area (Å²) < 4.78 is 14.8. The molecule has 3 heterocycles. The topological polar surface area (TPSA) is 139 Å². The van der Waals surface area contributed by atoms with Crippen molar-refractivity contribution in [1.82, 2.24) is 20.3 Å². The Kier molecular flexibility index (Phi) is 7.48. The molecule has 0 spiro atoms. The molecule has 1 aliphatic rings. The number of halogens is 1. The number of carboxylic acid groups (broad SMARTS) is 1. The zero-order valence-electron chi connectivity index (χ0n) is 21.2. The smallest absolute Gasteiger partial charge is 0.308 e. The van der Waals surface area contributed by atoms with Crippen LogP contribution in [0.5, 0.6) is 0 Å². The van der Waals surface area contributed by atoms with E-state index in [2.05, 4.69) is 27.2 Å². The average Bonchev–Trinajstić information content (AvgIpc) is 2.99. The van der Waals surface area contributed by atoms with Crippen molar-refractivity contribution in [2.75, 3.05) is 13.1 Å². The first kappa shape index (κ1) is 26.5. The molecular weight excluding hydrogens is 513 g/mol. The Morgan fingerprint density at radius 1 is 1.07 bits per heavy atom. The SMILES string of the molecule is NNC(=O)c1cc(-c2ccc(C#Cc3ccc(C(=O)N4CCCC(C(=O)O)C4)cc3F)cc2)nc2ccncc12. The number of nitrogen functional groups attached to an aromatic ring is 1. The summed E-state index contributed by atoms with van der Waals surface area (Å²) in [4.78, 5) is 46.5. The van der Waals surface area contributed by atoms with Crippen molar-refractivity contribution in [3.05, 3.63) is 95.1 Å². The molecule has 2 aromatic carbocycles. The Morgan fingerprint density at radius 3 is 2.60 bits per heavy atom. The number of carbonyl (C=O) groups is 3. The number of aromatic nitrogens is 2. The highest BCUT2D eigenvalue weighted by molar-refractivity contribution is 6.06. The molecule has 200 valence electrons. The predicted octanol–water partition coefficient (Wildman–Crippen LogP) is 3.38. The van der Waals surface area contributed by atoms with Gasteiger partial charge in [0.15, 0.2) is 0 Å². The number of fused-ring (bicyclic) bond motifs is 1. The van der Waals surface area contributed by atoms with Crippen LogP contribution in [0.25, 0.3) is 22.2 Å². The zero-order valence-corrected chi connectivity index (χ0v) is 21.2. The van der Waals surface area contributed by atoms with Crippen LogP contribution >= 0.6 is 0 Å². The van der Waals surface area contributed by atoms with Crippen molar-refractivity contribution in [2.45, 2.75) is 12.8 Å². The zero-order chi connectivity index (χ0) is 28.2. The number of hydrogen-bond acceptors (Lipinski definition) is 6. The molecule has 10 heteroatoms. The summed E-state index contributed by atoms with van der Waals surface area (Å²) in [7, 11) is 0. The van der Waals surface area contributed by atoms with Crippen LogP contribution in [0.15, 0.2) is 67.0 Å². The van der Waals surface area contributed by atoms with Gasteiger partial charge < -0.3 is 10.0 Å². The normalized spacial score (nSPS) is 14.8. The van der Waals surface area contributed by atoms with Gasteiger partial charge in [-0.15, -0.1) is 0 Å². The van der Waals surface area contributed by atoms with Crippen molar-refractivity contribution in [3.8, 4) is 23.1 Å². The van der Waals surface area contributed by atoms with Gasteiger partial charge in [0.1, 0.15) is 5.82 Å². The number of aliphatic carboxylic acids is 1. The molecule has 0 radical (unpaired) electrons. The Balaban J connectivity index is 1.34. The van der Waals surface area contributed by atoms with Crippen LogP contribution in [0.3, 0.4) is 0 Å². The van der Waals surface area contributed by atoms with Crippen LogP contribution in [-0.4, -0.2) is 50.8 Å². The van der Waals surface area contributed by atoms with E-state index in [4.69, 9.17) is 5.84 Å². The lowest BCUT2D eigenvalue weighted by Gasteiger charge is -2.30. The number of piperidine rings is 1. The van der Waals surface area contributed by atoms with E-state index in [-0.39, 0.29) is 17.7 Å². The number of amides is 2. The lowest BCUT2D eigenvalue weighted by Crippen LogP contribution is -2.42. The lowest BCUT2D eigenvalue weighted by molar-refractivity contribution is -0.143. The number of benzene rings is 2. The van der Waals surface area contributed by atoms with E-state index in [9.17, 15) is 23.9 Å². The molecule has 2 amide bonds. The van der Waals surface area contributed by atoms with E-state index < -0.39 is 29.5 Å². The molecule has 0 saturated carbocycles. The van der Waals surface area contributed by atoms with E-state index in [1.807, 2.05) is 0 Å². The molecule has 1 unspecified atom stereocenters. The first-order valence-corrected chi connectivity index (χ1v) is 12.5. The highest BCUT2D eigenvalue weighted by Gasteiger charge is 2.28. The van der Waals surface area contributed by atoms with Crippen LogP contribution in [0.2, 0.25) is 0 Å². The largest absolute Gasteiger partial charge is 0.481 e. The minimum atomic E-state index is -0.933. The third-order valence-corrected chi connectivity index (χ3v) is 6.78. The van der Waals surface area contributed by atoms with Crippen molar-refractivity contribution >= 4 is 28.7 Å². The maximum Gasteiger partial charge on any atom is 0.308 e. The van der Waals surface area contributed by atoms with Gasteiger partial charge in [-0.2, -0.15) is 0 Å². The second kappa shape index (κ2) is 11.3. The Labute approximate surface area is 228 Å². The molecule has 9 nitrogen and oxygen atoms in total. The molecular formula is C30H24FN5O4. The lowest BCUT2D eigenvalue weighted by atomic mass is 9.97. The molecule has 5 rings (SSSR count). The van der Waals surface area contributed by atoms with Crippen LogP contribution < -0.4 is 11.3 Å². The number of pyridine rings is 2. The Hall–Kier alpha value is -5.14. The number of hydrogen-bond donors (Lipinski definition) is 3. The van der Waals surface area contributed by atoms with Crippen LogP contribution in [-0.2, 0) is 4.79 Å². The summed E-state index contributed by atoms with van der Waals surface area (Å²) in [5, 5.41) is 9.83. The first-order chi connectivity index (χ1) is 19.3. The second-order valence-corrected chi connectivity index (χ2v) is 9.37. The standard InChI is InChI=1S/C30H24FN5O4/c31-25-14-21(29(38)36-13-1-2-22(17-36)30(39)40)10-9-19(25)6-3-18-4-7-20(8-5-18)27-15-23(28(37)35-32)24-16-33-12-11-26(24)34-27/h4-5,7-12,14-16,22H,1-2,13,17,32H2,(H,35,37)(H,39,40). The first-order valence-electron chi connectivity index (χ1n) is 12.5. The van der Waals surface area contributed by atoms with Gasteiger partial charge in [-0.1, -0.05) is 24.0 Å². The van der Waals surface area contributed by atoms with E-state index >= 15 is 0 Å². The highest BCUT2D eigenvalue weighted by atomic mass is 19.1. The minimum Gasteiger partial charge on any atom is -0.481 e. The van der Waals surface area contributed by atoms with Gasteiger partial charge in [0.25, 0.3) is 11.8 Å². The molecule has 0 bridgehead atoms. The number of hydrazine groups is 1. The second-order valence-electron chi connectivity index (χ2n) is 9.37. The van der Waals surface area contributed by atoms with Crippen LogP contribution in [0, 0.1) is 23.6 Å². The molecule has 1 fully saturated rings. The number of rotatable bonds is 4. The quantitative estimate of drug-likeness (QED) is 0.157. The van der Waals surface area contributed by atoms with Gasteiger partial charge >= 0.3 is 5.97 Å². The Bertz CT molecular complexity index is 1690. The third-order valence-electron chi connectivity index (χ3n) is 6.78. The third kappa shape index (κ3) is 5.50. The van der Waals surface area contributed by atoms with Crippen LogP contribution in [0.4, 0.5) is 4.39 Å². The number of carboxylic acids is 1. The van der Waals surface area contributed by atoms with E-state index in [1.54, 1.807) is 48.8 Å². The minimum absolute atomic E-state index is 0.112. The molecule has 2 aromatic heterocycles. The highest BCUT2D eigenvalue weighted by Crippen LogP contribution is 2.25. The monoisotopic (exact) mass is 537 g/mol. The molecule has 4 N–H and O–H groups in total. The Morgan fingerprint density at radius 2 is 1.88 bits per heavy atom. The molecule has 0 aliphatic carbocycles. The molecule has 1 saturated heterocycles. The average molecular weight is 538 g/mol. The number of nitrogens with two attached hydrogens (primary N) is 1. The summed E-state index contributed by atoms with van der Waals surface area (Å²) in [6, 6.07) is 14.5. The summed E-state index contributed by atoms with van der Waals surface area (Å²) in [6.07, 6.45) is 4.25. The van der Waals surface area contributed by atoms with E-state index in [0.717, 1.165) is 11.6 Å². The van der Waals surface area contributed by atoms with Gasteiger partial charge in [-0.3, -0.25) is 24.8 Å². The number of nitrogens with zero attached hydrogens (tertiary/aromatic N) is 3. The summed E-state index contributed by atoms with van der Waals surface area (Å²) in [6.45, 7) is 0.552. The maximum absolute atomic E-state index is 14.8. The fraction of sp³-hybridized carbons (Fsp3) is 0.167. The van der Waals surface area contributed by atoms with Crippen molar-refractivity contribution < 1.29 is 23.9 Å². The molecule has 40 heavy (non-hydrogen) atoms. The van der Waals surface area contributed by atoms with Crippen molar-refractivity contribution in [3.63, 3.8) is 0 Å². The summed E-state index contributed by atoms with van der Waals surface area (Å²) in [5.41, 5.74) is 5.30.